The SMILES string of the molecule is O=C1Oc2ccccc2C(=O)Oc2ccccc2C(=O)Oc2ccccc2C(=O)Oc2ccccc21. The Labute approximate surface area is 204 Å². The summed E-state index contributed by atoms with van der Waals surface area (Å²) >= 11 is 0. The Hall–Kier alpha value is -5.24. The average molecular weight is 480 g/mol. The number of rotatable bonds is 0. The zero-order valence-corrected chi connectivity index (χ0v) is 18.5. The molecule has 0 spiro atoms. The molecule has 0 bridgehead atoms. The van der Waals surface area contributed by atoms with E-state index >= 15 is 0 Å². The van der Waals surface area contributed by atoms with Gasteiger partial charge in [0.15, 0.2) is 0 Å². The Morgan fingerprint density at radius 1 is 0.306 bits per heavy atom. The van der Waals surface area contributed by atoms with Gasteiger partial charge in [0.05, 0.1) is 0 Å². The first-order valence-corrected chi connectivity index (χ1v) is 10.8. The van der Waals surface area contributed by atoms with Crippen molar-refractivity contribution in [3.05, 3.63) is 119 Å². The van der Waals surface area contributed by atoms with E-state index in [2.05, 4.69) is 0 Å². The van der Waals surface area contributed by atoms with Crippen molar-refractivity contribution in [2.75, 3.05) is 0 Å². The van der Waals surface area contributed by atoms with E-state index in [4.69, 9.17) is 18.9 Å². The summed E-state index contributed by atoms with van der Waals surface area (Å²) in [5.74, 6) is -3.73. The maximum absolute atomic E-state index is 13.0. The zero-order chi connectivity index (χ0) is 25.1. The molecule has 1 aliphatic rings. The molecule has 176 valence electrons. The maximum atomic E-state index is 13.0. The maximum Gasteiger partial charge on any atom is 0.347 e. The molecule has 0 radical (unpaired) electrons. The van der Waals surface area contributed by atoms with Crippen LogP contribution in [0.2, 0.25) is 0 Å². The highest BCUT2D eigenvalue weighted by Crippen LogP contribution is 2.29. The van der Waals surface area contributed by atoms with Gasteiger partial charge in [-0.25, -0.2) is 19.2 Å². The van der Waals surface area contributed by atoms with Crippen molar-refractivity contribution in [3.63, 3.8) is 0 Å². The van der Waals surface area contributed by atoms with E-state index in [-0.39, 0.29) is 45.3 Å². The average Bonchev–Trinajstić information content (AvgIpc) is 2.89. The van der Waals surface area contributed by atoms with Gasteiger partial charge in [0.1, 0.15) is 45.3 Å². The van der Waals surface area contributed by atoms with Crippen molar-refractivity contribution in [2.24, 2.45) is 0 Å². The summed E-state index contributed by atoms with van der Waals surface area (Å²) in [4.78, 5) is 52.1. The fourth-order valence-corrected chi connectivity index (χ4v) is 3.52. The van der Waals surface area contributed by atoms with Crippen LogP contribution in [-0.4, -0.2) is 23.9 Å². The predicted octanol–water partition coefficient (Wildman–Crippen LogP) is 4.88. The first-order chi connectivity index (χ1) is 17.5. The third-order valence-electron chi connectivity index (χ3n) is 5.24. The van der Waals surface area contributed by atoms with Crippen molar-refractivity contribution >= 4 is 23.9 Å². The minimum atomic E-state index is -0.856. The van der Waals surface area contributed by atoms with Crippen molar-refractivity contribution in [1.29, 1.82) is 0 Å². The van der Waals surface area contributed by atoms with E-state index in [0.29, 0.717) is 0 Å². The summed E-state index contributed by atoms with van der Waals surface area (Å²) in [6, 6.07) is 23.9. The van der Waals surface area contributed by atoms with Gasteiger partial charge in [0.25, 0.3) is 0 Å². The van der Waals surface area contributed by atoms with Crippen LogP contribution in [0.4, 0.5) is 0 Å². The topological polar surface area (TPSA) is 105 Å². The molecule has 0 N–H and O–H groups in total. The summed E-state index contributed by atoms with van der Waals surface area (Å²) in [5, 5.41) is 0. The molecule has 8 nitrogen and oxygen atoms in total. The van der Waals surface area contributed by atoms with Crippen LogP contribution in [0.15, 0.2) is 97.1 Å². The molecule has 0 aliphatic carbocycles. The lowest BCUT2D eigenvalue weighted by Crippen LogP contribution is -2.19. The summed E-state index contributed by atoms with van der Waals surface area (Å²) in [7, 11) is 0. The standard InChI is InChI=1S/C28H16O8/c29-25-17-9-1-5-13-21(17)33-26(30)19-11-3-7-15-23(19)35-28(32)20-12-4-8-16-24(20)36-27(31)18-10-2-6-14-22(18)34-25/h1-16H. The van der Waals surface area contributed by atoms with Crippen LogP contribution in [0, 0.1) is 0 Å². The predicted molar refractivity (Wildman–Crippen MR) is 126 cm³/mol. The first-order valence-electron chi connectivity index (χ1n) is 10.8. The molecule has 1 aliphatic heterocycles. The number of ether oxygens (including phenoxy) is 4. The van der Waals surface area contributed by atoms with Gasteiger partial charge in [-0.2, -0.15) is 0 Å². The van der Waals surface area contributed by atoms with Crippen molar-refractivity contribution in [2.45, 2.75) is 0 Å². The number of hydrogen-bond acceptors (Lipinski definition) is 8. The molecule has 1 heterocycles. The lowest BCUT2D eigenvalue weighted by molar-refractivity contribution is 0.0688. The van der Waals surface area contributed by atoms with Gasteiger partial charge in [-0.3, -0.25) is 0 Å². The molecule has 0 aromatic heterocycles. The molecule has 4 aromatic carbocycles. The Morgan fingerprint density at radius 3 is 0.722 bits per heavy atom. The van der Waals surface area contributed by atoms with Crippen LogP contribution < -0.4 is 18.9 Å². The summed E-state index contributed by atoms with van der Waals surface area (Å²) < 4.78 is 21.9. The molecule has 0 atom stereocenters. The van der Waals surface area contributed by atoms with Crippen LogP contribution in [0.5, 0.6) is 23.0 Å². The second kappa shape index (κ2) is 9.55. The van der Waals surface area contributed by atoms with Gasteiger partial charge < -0.3 is 18.9 Å². The Balaban J connectivity index is 1.65. The molecule has 4 aromatic rings. The molecule has 5 rings (SSSR count). The fraction of sp³-hybridized carbons (Fsp3) is 0. The van der Waals surface area contributed by atoms with E-state index in [0.717, 1.165) is 0 Å². The molecular formula is C28H16O8. The second-order valence-corrected chi connectivity index (χ2v) is 7.54. The van der Waals surface area contributed by atoms with Gasteiger partial charge in [-0.15, -0.1) is 0 Å². The Morgan fingerprint density at radius 2 is 0.500 bits per heavy atom. The molecular weight excluding hydrogens is 464 g/mol. The quantitative estimate of drug-likeness (QED) is 0.259. The number of fused-ring (bicyclic) bond motifs is 4. The molecule has 0 fully saturated rings. The van der Waals surface area contributed by atoms with Gasteiger partial charge in [0.2, 0.25) is 0 Å². The summed E-state index contributed by atoms with van der Waals surface area (Å²) in [6.45, 7) is 0. The van der Waals surface area contributed by atoms with Gasteiger partial charge in [-0.05, 0) is 48.5 Å². The van der Waals surface area contributed by atoms with E-state index in [1.807, 2.05) is 0 Å². The normalized spacial score (nSPS) is 13.6. The van der Waals surface area contributed by atoms with E-state index < -0.39 is 23.9 Å². The zero-order valence-electron chi connectivity index (χ0n) is 18.5. The highest BCUT2D eigenvalue weighted by molar-refractivity contribution is 6.02. The smallest absolute Gasteiger partial charge is 0.347 e. The van der Waals surface area contributed by atoms with Crippen molar-refractivity contribution in [1.82, 2.24) is 0 Å². The monoisotopic (exact) mass is 480 g/mol. The molecule has 36 heavy (non-hydrogen) atoms. The van der Waals surface area contributed by atoms with Gasteiger partial charge in [0, 0.05) is 0 Å². The number of hydrogen-bond donors (Lipinski definition) is 0. The summed E-state index contributed by atoms with van der Waals surface area (Å²) in [6.07, 6.45) is 0. The molecule has 0 unspecified atom stereocenters. The fourth-order valence-electron chi connectivity index (χ4n) is 3.52. The molecule has 8 heteroatoms. The van der Waals surface area contributed by atoms with E-state index in [1.54, 1.807) is 48.5 Å². The van der Waals surface area contributed by atoms with Crippen molar-refractivity contribution in [3.8, 4) is 23.0 Å². The van der Waals surface area contributed by atoms with Crippen LogP contribution >= 0.6 is 0 Å². The highest BCUT2D eigenvalue weighted by atomic mass is 16.6. The third kappa shape index (κ3) is 4.43. The van der Waals surface area contributed by atoms with Crippen LogP contribution in [0.25, 0.3) is 0 Å². The lowest BCUT2D eigenvalue weighted by Gasteiger charge is -2.15. The minimum absolute atomic E-state index is 0.0547. The van der Waals surface area contributed by atoms with Gasteiger partial charge >= 0.3 is 23.9 Å². The highest BCUT2D eigenvalue weighted by Gasteiger charge is 2.26. The number of carbonyl (C=O) groups is 4. The Kier molecular flexibility index (Phi) is 5.98. The van der Waals surface area contributed by atoms with Crippen molar-refractivity contribution < 1.29 is 38.1 Å². The number of carbonyl (C=O) groups excluding carboxylic acids is 4. The van der Waals surface area contributed by atoms with E-state index in [9.17, 15) is 19.2 Å². The number of benzene rings is 4. The Bertz CT molecular complexity index is 1290. The van der Waals surface area contributed by atoms with Crippen LogP contribution in [0.3, 0.4) is 0 Å². The van der Waals surface area contributed by atoms with Gasteiger partial charge in [-0.1, -0.05) is 48.5 Å². The van der Waals surface area contributed by atoms with E-state index in [1.165, 1.54) is 48.5 Å². The summed E-state index contributed by atoms with van der Waals surface area (Å²) in [5.41, 5.74) is -0.219. The third-order valence-corrected chi connectivity index (χ3v) is 5.24. The largest absolute Gasteiger partial charge is 0.422 e. The second-order valence-electron chi connectivity index (χ2n) is 7.54. The first kappa shape index (κ1) is 22.5. The molecule has 0 saturated heterocycles. The number of esters is 4. The molecule has 0 amide bonds. The lowest BCUT2D eigenvalue weighted by atomic mass is 10.1. The van der Waals surface area contributed by atoms with Crippen LogP contribution in [-0.2, 0) is 0 Å². The molecule has 0 saturated carbocycles. The van der Waals surface area contributed by atoms with Crippen LogP contribution in [0.1, 0.15) is 41.4 Å². The number of para-hydroxylation sites is 4. The minimum Gasteiger partial charge on any atom is -0.422 e.